The van der Waals surface area contributed by atoms with Crippen LogP contribution in [0, 0.1) is 16.0 Å². The van der Waals surface area contributed by atoms with Crippen molar-refractivity contribution in [2.24, 2.45) is 5.92 Å². The molecule has 28 heavy (non-hydrogen) atoms. The number of benzene rings is 1. The summed E-state index contributed by atoms with van der Waals surface area (Å²) in [7, 11) is 0. The highest BCUT2D eigenvalue weighted by molar-refractivity contribution is 5.85. The third kappa shape index (κ3) is 2.37. The van der Waals surface area contributed by atoms with Gasteiger partial charge >= 0.3 is 0 Å². The molecule has 4 heterocycles. The Balaban J connectivity index is 1.68. The summed E-state index contributed by atoms with van der Waals surface area (Å²) in [5.74, 6) is 0.556. The summed E-state index contributed by atoms with van der Waals surface area (Å²) in [4.78, 5) is 18.1. The quantitative estimate of drug-likeness (QED) is 0.536. The van der Waals surface area contributed by atoms with Crippen LogP contribution >= 0.6 is 0 Å². The van der Waals surface area contributed by atoms with Crippen molar-refractivity contribution in [3.05, 3.63) is 69.8 Å². The predicted molar refractivity (Wildman–Crippen MR) is 107 cm³/mol. The van der Waals surface area contributed by atoms with Crippen LogP contribution in [0.5, 0.6) is 0 Å². The van der Waals surface area contributed by atoms with Gasteiger partial charge in [0.15, 0.2) is 0 Å². The Morgan fingerprint density at radius 2 is 2.11 bits per heavy atom. The van der Waals surface area contributed by atoms with Crippen molar-refractivity contribution >= 4 is 10.9 Å². The van der Waals surface area contributed by atoms with Crippen LogP contribution in [0.25, 0.3) is 10.9 Å². The Morgan fingerprint density at radius 3 is 2.82 bits per heavy atom. The smallest absolute Gasteiger partial charge is 0.238 e. The highest BCUT2D eigenvalue weighted by atomic mass is 16.6. The average molecular weight is 379 g/mol. The van der Waals surface area contributed by atoms with Crippen LogP contribution in [-0.2, 0) is 6.42 Å². The largest absolute Gasteiger partial charge is 0.469 e. The first-order valence-electron chi connectivity index (χ1n) is 10.1. The van der Waals surface area contributed by atoms with Crippen LogP contribution in [0.2, 0.25) is 0 Å². The normalized spacial score (nSPS) is 30.1. The van der Waals surface area contributed by atoms with Crippen molar-refractivity contribution in [2.45, 2.75) is 50.7 Å². The zero-order valence-corrected chi connectivity index (χ0v) is 16.2. The highest BCUT2D eigenvalue weighted by Gasteiger charge is 2.56. The van der Waals surface area contributed by atoms with E-state index in [1.165, 1.54) is 16.6 Å². The molecule has 5 atom stereocenters. The third-order valence-corrected chi connectivity index (χ3v) is 6.91. The molecule has 0 amide bonds. The molecular weight excluding hydrogens is 354 g/mol. The number of H-pyrrole nitrogens is 1. The molecule has 1 fully saturated rings. The number of furan rings is 1. The van der Waals surface area contributed by atoms with E-state index in [1.54, 1.807) is 6.26 Å². The van der Waals surface area contributed by atoms with Crippen molar-refractivity contribution in [1.82, 2.24) is 9.88 Å². The topological polar surface area (TPSA) is 75.3 Å². The van der Waals surface area contributed by atoms with Gasteiger partial charge in [0, 0.05) is 28.1 Å². The number of hydrogen-bond acceptors (Lipinski definition) is 4. The molecule has 6 heteroatoms. The molecule has 1 N–H and O–H groups in total. The minimum atomic E-state index is -0.659. The summed E-state index contributed by atoms with van der Waals surface area (Å²) in [6.45, 7) is 5.07. The number of rotatable bonds is 3. The van der Waals surface area contributed by atoms with Crippen molar-refractivity contribution < 1.29 is 9.34 Å². The number of hydrogen-bond donors (Lipinski definition) is 1. The van der Waals surface area contributed by atoms with E-state index in [2.05, 4.69) is 48.0 Å². The van der Waals surface area contributed by atoms with Crippen molar-refractivity contribution in [2.75, 3.05) is 6.54 Å². The van der Waals surface area contributed by atoms with E-state index >= 15 is 0 Å². The fraction of sp³-hybridized carbons (Fsp3) is 0.455. The summed E-state index contributed by atoms with van der Waals surface area (Å²) >= 11 is 0. The van der Waals surface area contributed by atoms with Gasteiger partial charge < -0.3 is 9.40 Å². The molecule has 2 aliphatic heterocycles. The first kappa shape index (κ1) is 17.5. The summed E-state index contributed by atoms with van der Waals surface area (Å²) in [5.41, 5.74) is 3.76. The maximum absolute atomic E-state index is 12.2. The molecule has 0 spiro atoms. The Labute approximate surface area is 163 Å². The van der Waals surface area contributed by atoms with E-state index in [9.17, 15) is 10.1 Å². The monoisotopic (exact) mass is 379 g/mol. The number of fused-ring (bicyclic) bond motifs is 5. The Bertz CT molecular complexity index is 1010. The Hall–Kier alpha value is -2.60. The zero-order chi connectivity index (χ0) is 19.4. The lowest BCUT2D eigenvalue weighted by atomic mass is 9.70. The van der Waals surface area contributed by atoms with Gasteiger partial charge in [0.05, 0.1) is 24.3 Å². The number of aromatic amines is 1. The highest BCUT2D eigenvalue weighted by Crippen LogP contribution is 2.51. The molecule has 0 aliphatic carbocycles. The van der Waals surface area contributed by atoms with Gasteiger partial charge in [0.25, 0.3) is 0 Å². The molecule has 0 radical (unpaired) electrons. The summed E-state index contributed by atoms with van der Waals surface area (Å²) in [6, 6.07) is 11.5. The van der Waals surface area contributed by atoms with Gasteiger partial charge in [0.2, 0.25) is 6.04 Å². The first-order valence-corrected chi connectivity index (χ1v) is 10.1. The number of aromatic nitrogens is 1. The number of piperidine rings is 1. The lowest BCUT2D eigenvalue weighted by Gasteiger charge is -2.51. The second-order valence-corrected chi connectivity index (χ2v) is 8.15. The number of nitrogens with zero attached hydrogens (tertiary/aromatic N) is 2. The third-order valence-electron chi connectivity index (χ3n) is 6.91. The number of nitrogens with one attached hydrogen (secondary N) is 1. The van der Waals surface area contributed by atoms with Crippen LogP contribution in [0.1, 0.15) is 49.2 Å². The van der Waals surface area contributed by atoms with Gasteiger partial charge in [-0.2, -0.15) is 0 Å². The van der Waals surface area contributed by atoms with Crippen LogP contribution < -0.4 is 0 Å². The fourth-order valence-corrected chi connectivity index (χ4v) is 5.82. The molecule has 0 bridgehead atoms. The molecule has 5 rings (SSSR count). The van der Waals surface area contributed by atoms with Crippen LogP contribution in [0.3, 0.4) is 0 Å². The predicted octanol–water partition coefficient (Wildman–Crippen LogP) is 4.52. The van der Waals surface area contributed by atoms with Gasteiger partial charge in [-0.25, -0.2) is 0 Å². The van der Waals surface area contributed by atoms with E-state index in [4.69, 9.17) is 4.42 Å². The molecule has 1 aromatic carbocycles. The second-order valence-electron chi connectivity index (χ2n) is 8.15. The lowest BCUT2D eigenvalue weighted by Crippen LogP contribution is -2.60. The van der Waals surface area contributed by atoms with Crippen molar-refractivity contribution in [3.8, 4) is 0 Å². The van der Waals surface area contributed by atoms with Crippen molar-refractivity contribution in [1.29, 1.82) is 0 Å². The molecule has 6 nitrogen and oxygen atoms in total. The summed E-state index contributed by atoms with van der Waals surface area (Å²) < 4.78 is 5.71. The van der Waals surface area contributed by atoms with Gasteiger partial charge in [-0.15, -0.1) is 0 Å². The van der Waals surface area contributed by atoms with Gasteiger partial charge in [-0.3, -0.25) is 15.0 Å². The molecule has 2 aliphatic rings. The number of para-hydroxylation sites is 1. The first-order chi connectivity index (χ1) is 13.6. The SMILES string of the molecule is CC[C@H]1[C@@H]([N+](=O)[O-])[C@H](c2ccco2)[C@@H](C)[C@@H]2c3[nH]c4ccccc4c3CCN12. The fourth-order valence-electron chi connectivity index (χ4n) is 5.82. The average Bonchev–Trinajstić information content (AvgIpc) is 3.34. The van der Waals surface area contributed by atoms with Gasteiger partial charge in [-0.1, -0.05) is 32.0 Å². The van der Waals surface area contributed by atoms with Gasteiger partial charge in [-0.05, 0) is 42.5 Å². The Morgan fingerprint density at radius 1 is 1.29 bits per heavy atom. The zero-order valence-electron chi connectivity index (χ0n) is 16.2. The second kappa shape index (κ2) is 6.48. The number of nitro groups is 1. The molecule has 2 aromatic heterocycles. The molecule has 0 saturated carbocycles. The maximum atomic E-state index is 12.2. The summed E-state index contributed by atoms with van der Waals surface area (Å²) in [6.07, 6.45) is 3.30. The van der Waals surface area contributed by atoms with Crippen LogP contribution in [0.4, 0.5) is 0 Å². The van der Waals surface area contributed by atoms with E-state index in [1.807, 2.05) is 12.1 Å². The van der Waals surface area contributed by atoms with Crippen LogP contribution in [-0.4, -0.2) is 33.4 Å². The summed E-state index contributed by atoms with van der Waals surface area (Å²) in [5, 5.41) is 13.4. The van der Waals surface area contributed by atoms with E-state index < -0.39 is 6.04 Å². The van der Waals surface area contributed by atoms with E-state index in [0.29, 0.717) is 0 Å². The van der Waals surface area contributed by atoms with E-state index in [-0.39, 0.29) is 28.8 Å². The molecule has 146 valence electrons. The standard InChI is InChI=1S/C22H25N3O3/c1-3-17-22(25(26)27)19(18-9-6-12-28-18)13(2)21-20-15(10-11-24(17)21)14-7-4-5-8-16(14)23-20/h4-9,12-13,17,19,21-23H,3,10-11H2,1-2H3/t13-,17+,19+,21-,22-/m1/s1. The molecule has 0 unspecified atom stereocenters. The maximum Gasteiger partial charge on any atom is 0.238 e. The minimum Gasteiger partial charge on any atom is -0.469 e. The van der Waals surface area contributed by atoms with Crippen molar-refractivity contribution in [3.63, 3.8) is 0 Å². The lowest BCUT2D eigenvalue weighted by molar-refractivity contribution is -0.542. The Kier molecular flexibility index (Phi) is 4.05. The molecule has 3 aromatic rings. The van der Waals surface area contributed by atoms with E-state index in [0.717, 1.165) is 30.7 Å². The minimum absolute atomic E-state index is 0.0662. The molecule has 1 saturated heterocycles. The van der Waals surface area contributed by atoms with Crippen LogP contribution in [0.15, 0.2) is 47.1 Å². The molecular formula is C22H25N3O3. The van der Waals surface area contributed by atoms with Gasteiger partial charge in [0.1, 0.15) is 5.76 Å².